The van der Waals surface area contributed by atoms with Gasteiger partial charge in [0.2, 0.25) is 0 Å². The molecule has 1 aromatic carbocycles. The molecule has 0 aromatic heterocycles. The van der Waals surface area contributed by atoms with Crippen molar-refractivity contribution in [3.05, 3.63) is 33.9 Å². The molecule has 1 fully saturated rings. The van der Waals surface area contributed by atoms with Crippen molar-refractivity contribution in [3.63, 3.8) is 0 Å². The van der Waals surface area contributed by atoms with Crippen molar-refractivity contribution < 1.29 is 14.8 Å². The molecule has 21 heavy (non-hydrogen) atoms. The van der Waals surface area contributed by atoms with Gasteiger partial charge < -0.3 is 15.3 Å². The van der Waals surface area contributed by atoms with E-state index in [9.17, 15) is 14.9 Å². The summed E-state index contributed by atoms with van der Waals surface area (Å²) in [7, 11) is 4.01. The summed E-state index contributed by atoms with van der Waals surface area (Å²) in [5.41, 5.74) is 0.0961. The Hall–Kier alpha value is -2.15. The van der Waals surface area contributed by atoms with Gasteiger partial charge in [0.05, 0.1) is 10.5 Å². The molecule has 1 aliphatic carbocycles. The van der Waals surface area contributed by atoms with E-state index < -0.39 is 10.9 Å². The maximum absolute atomic E-state index is 11.1. The zero-order valence-corrected chi connectivity index (χ0v) is 12.1. The number of carboxylic acids is 1. The van der Waals surface area contributed by atoms with Gasteiger partial charge in [-0.15, -0.1) is 0 Å². The molecule has 7 heteroatoms. The zero-order chi connectivity index (χ0) is 15.6. The van der Waals surface area contributed by atoms with Gasteiger partial charge in [-0.2, -0.15) is 0 Å². The summed E-state index contributed by atoms with van der Waals surface area (Å²) < 4.78 is 0. The predicted molar refractivity (Wildman–Crippen MR) is 78.8 cm³/mol. The summed E-state index contributed by atoms with van der Waals surface area (Å²) >= 11 is 0. The van der Waals surface area contributed by atoms with Crippen LogP contribution in [-0.4, -0.2) is 47.1 Å². The molecular formula is C14H19N3O4. The maximum atomic E-state index is 11.1. The maximum Gasteiger partial charge on any atom is 0.335 e. The van der Waals surface area contributed by atoms with E-state index >= 15 is 0 Å². The average molecular weight is 293 g/mol. The van der Waals surface area contributed by atoms with E-state index in [1.807, 2.05) is 14.1 Å². The molecule has 1 aliphatic rings. The van der Waals surface area contributed by atoms with E-state index in [1.165, 1.54) is 12.1 Å². The van der Waals surface area contributed by atoms with Gasteiger partial charge in [0, 0.05) is 18.2 Å². The van der Waals surface area contributed by atoms with Gasteiger partial charge >= 0.3 is 5.97 Å². The van der Waals surface area contributed by atoms with Crippen molar-refractivity contribution in [2.45, 2.75) is 24.8 Å². The van der Waals surface area contributed by atoms with Gasteiger partial charge in [-0.25, -0.2) is 4.79 Å². The number of carboxylic acid groups (broad SMARTS) is 1. The number of carbonyl (C=O) groups is 1. The third kappa shape index (κ3) is 2.97. The Morgan fingerprint density at radius 2 is 2.14 bits per heavy atom. The second-order valence-corrected chi connectivity index (χ2v) is 5.62. The van der Waals surface area contributed by atoms with E-state index in [4.69, 9.17) is 5.11 Å². The highest BCUT2D eigenvalue weighted by Crippen LogP contribution is 2.37. The first kappa shape index (κ1) is 15.2. The second kappa shape index (κ2) is 5.69. The Morgan fingerprint density at radius 3 is 2.57 bits per heavy atom. The number of benzene rings is 1. The largest absolute Gasteiger partial charge is 0.478 e. The number of nitro groups is 1. The molecule has 0 unspecified atom stereocenters. The fraction of sp³-hybridized carbons (Fsp3) is 0.500. The molecule has 0 saturated heterocycles. The number of anilines is 1. The molecule has 1 aromatic rings. The molecule has 0 bridgehead atoms. The van der Waals surface area contributed by atoms with Gasteiger partial charge in [-0.3, -0.25) is 10.1 Å². The molecule has 0 heterocycles. The fourth-order valence-corrected chi connectivity index (χ4v) is 2.59. The number of hydrogen-bond acceptors (Lipinski definition) is 5. The highest BCUT2D eigenvalue weighted by atomic mass is 16.6. The van der Waals surface area contributed by atoms with Crippen molar-refractivity contribution >= 4 is 17.3 Å². The summed E-state index contributed by atoms with van der Waals surface area (Å²) in [4.78, 5) is 23.6. The topological polar surface area (TPSA) is 95.7 Å². The second-order valence-electron chi connectivity index (χ2n) is 5.62. The third-order valence-corrected chi connectivity index (χ3v) is 4.28. The number of rotatable bonds is 6. The molecule has 114 valence electrons. The quantitative estimate of drug-likeness (QED) is 0.616. The lowest BCUT2D eigenvalue weighted by molar-refractivity contribution is -0.384. The lowest BCUT2D eigenvalue weighted by Crippen LogP contribution is -2.54. The smallest absolute Gasteiger partial charge is 0.335 e. The molecule has 0 spiro atoms. The number of nitrogens with zero attached hydrogens (tertiary/aromatic N) is 2. The van der Waals surface area contributed by atoms with E-state index in [0.717, 1.165) is 25.3 Å². The van der Waals surface area contributed by atoms with Crippen molar-refractivity contribution in [1.29, 1.82) is 0 Å². The van der Waals surface area contributed by atoms with Crippen LogP contribution >= 0.6 is 0 Å². The number of nitrogens with one attached hydrogen (secondary N) is 1. The van der Waals surface area contributed by atoms with Crippen LogP contribution < -0.4 is 5.32 Å². The van der Waals surface area contributed by atoms with Crippen LogP contribution in [0.5, 0.6) is 0 Å². The monoisotopic (exact) mass is 293 g/mol. The minimum atomic E-state index is -1.17. The molecule has 2 N–H and O–H groups in total. The van der Waals surface area contributed by atoms with E-state index in [0.29, 0.717) is 12.2 Å². The number of nitro benzene ring substituents is 1. The van der Waals surface area contributed by atoms with Crippen LogP contribution in [-0.2, 0) is 0 Å². The molecular weight excluding hydrogens is 274 g/mol. The highest BCUT2D eigenvalue weighted by Gasteiger charge is 2.39. The summed E-state index contributed by atoms with van der Waals surface area (Å²) in [5.74, 6) is -1.17. The molecule has 1 saturated carbocycles. The normalized spacial score (nSPS) is 16.3. The Labute approximate surface area is 122 Å². The van der Waals surface area contributed by atoms with Crippen molar-refractivity contribution in [2.75, 3.05) is 26.0 Å². The number of hydrogen-bond donors (Lipinski definition) is 2. The van der Waals surface area contributed by atoms with Crippen molar-refractivity contribution in [3.8, 4) is 0 Å². The van der Waals surface area contributed by atoms with E-state index in [1.54, 1.807) is 0 Å². The predicted octanol–water partition coefficient (Wildman–Crippen LogP) is 2.19. The zero-order valence-electron chi connectivity index (χ0n) is 12.1. The van der Waals surface area contributed by atoms with Crippen LogP contribution in [0, 0.1) is 10.1 Å². The van der Waals surface area contributed by atoms with Crippen LogP contribution in [0.3, 0.4) is 0 Å². The fourth-order valence-electron chi connectivity index (χ4n) is 2.59. The molecule has 0 radical (unpaired) electrons. The van der Waals surface area contributed by atoms with Crippen LogP contribution in [0.1, 0.15) is 29.6 Å². The minimum Gasteiger partial charge on any atom is -0.478 e. The molecule has 7 nitrogen and oxygen atoms in total. The summed E-state index contributed by atoms with van der Waals surface area (Å²) in [6.45, 7) is 0.604. The van der Waals surface area contributed by atoms with Gasteiger partial charge in [-0.1, -0.05) is 0 Å². The van der Waals surface area contributed by atoms with E-state index in [2.05, 4.69) is 10.2 Å². The average Bonchev–Trinajstić information content (AvgIpc) is 2.36. The first-order valence-electron chi connectivity index (χ1n) is 6.79. The molecule has 0 aliphatic heterocycles. The summed E-state index contributed by atoms with van der Waals surface area (Å²) in [5, 5.41) is 23.1. The molecule has 0 amide bonds. The van der Waals surface area contributed by atoms with Crippen LogP contribution in [0.4, 0.5) is 11.4 Å². The summed E-state index contributed by atoms with van der Waals surface area (Å²) in [6.07, 6.45) is 3.25. The van der Waals surface area contributed by atoms with Gasteiger partial charge in [0.15, 0.2) is 0 Å². The number of aromatic carboxylic acids is 1. The van der Waals surface area contributed by atoms with Crippen molar-refractivity contribution in [2.24, 2.45) is 0 Å². The Kier molecular flexibility index (Phi) is 4.13. The molecule has 2 rings (SSSR count). The Morgan fingerprint density at radius 1 is 1.48 bits per heavy atom. The van der Waals surface area contributed by atoms with Crippen LogP contribution in [0.2, 0.25) is 0 Å². The van der Waals surface area contributed by atoms with Gasteiger partial charge in [0.25, 0.3) is 5.69 Å². The van der Waals surface area contributed by atoms with Crippen LogP contribution in [0.15, 0.2) is 18.2 Å². The lowest BCUT2D eigenvalue weighted by Gasteiger charge is -2.47. The molecule has 0 atom stereocenters. The first-order chi connectivity index (χ1) is 9.85. The standard InChI is InChI=1S/C14H19N3O4/c1-16(2)14(6-3-7-14)9-15-11-5-4-10(13(18)19)8-12(11)17(20)21/h4-5,8,15H,3,6-7,9H2,1-2H3,(H,18,19). The van der Waals surface area contributed by atoms with E-state index in [-0.39, 0.29) is 16.8 Å². The summed E-state index contributed by atoms with van der Waals surface area (Å²) in [6, 6.07) is 3.93. The SMILES string of the molecule is CN(C)C1(CNc2ccc(C(=O)O)cc2[N+](=O)[O-])CCC1. The first-order valence-corrected chi connectivity index (χ1v) is 6.79. The Balaban J connectivity index is 2.20. The van der Waals surface area contributed by atoms with Gasteiger partial charge in [0.1, 0.15) is 5.69 Å². The lowest BCUT2D eigenvalue weighted by atomic mass is 9.75. The minimum absolute atomic E-state index is 0.0271. The third-order valence-electron chi connectivity index (χ3n) is 4.28. The van der Waals surface area contributed by atoms with Crippen LogP contribution in [0.25, 0.3) is 0 Å². The Bertz CT molecular complexity index is 567. The van der Waals surface area contributed by atoms with Crippen molar-refractivity contribution in [1.82, 2.24) is 4.90 Å². The highest BCUT2D eigenvalue weighted by molar-refractivity contribution is 5.89. The number of likely N-dealkylation sites (N-methyl/N-ethyl adjacent to an activating group) is 1. The van der Waals surface area contributed by atoms with Gasteiger partial charge in [-0.05, 0) is 45.5 Å².